The molecule has 2 N–H and O–H groups in total. The van der Waals surface area contributed by atoms with Gasteiger partial charge in [-0.25, -0.2) is 0 Å². The number of fused-ring (bicyclic) bond motifs is 1. The van der Waals surface area contributed by atoms with Crippen molar-refractivity contribution in [3.63, 3.8) is 0 Å². The second-order valence-electron chi connectivity index (χ2n) is 6.60. The van der Waals surface area contributed by atoms with Crippen LogP contribution >= 0.6 is 23.7 Å². The number of nitrogens with zero attached hydrogens (tertiary/aromatic N) is 1. The van der Waals surface area contributed by atoms with Crippen molar-refractivity contribution in [2.45, 2.75) is 25.7 Å². The van der Waals surface area contributed by atoms with Crippen LogP contribution in [0.1, 0.15) is 36.2 Å². The van der Waals surface area contributed by atoms with Gasteiger partial charge in [-0.05, 0) is 68.1 Å². The number of H-pyrrole nitrogens is 1. The summed E-state index contributed by atoms with van der Waals surface area (Å²) in [7, 11) is 0. The van der Waals surface area contributed by atoms with Gasteiger partial charge in [0.15, 0.2) is 0 Å². The van der Waals surface area contributed by atoms with E-state index in [0.29, 0.717) is 0 Å². The van der Waals surface area contributed by atoms with Crippen molar-refractivity contribution in [3.05, 3.63) is 23.2 Å². The Bertz CT molecular complexity index is 625. The first kappa shape index (κ1) is 16.8. The van der Waals surface area contributed by atoms with Crippen LogP contribution in [0.3, 0.4) is 0 Å². The van der Waals surface area contributed by atoms with Crippen molar-refractivity contribution in [3.8, 4) is 0 Å². The fourth-order valence-corrected chi connectivity index (χ4v) is 4.81. The molecule has 0 unspecified atom stereocenters. The Balaban J connectivity index is 0.00000156. The summed E-state index contributed by atoms with van der Waals surface area (Å²) in [4.78, 5) is 17.9. The van der Waals surface area contributed by atoms with Crippen molar-refractivity contribution < 1.29 is 4.79 Å². The van der Waals surface area contributed by atoms with Crippen LogP contribution in [-0.4, -0.2) is 42.0 Å². The van der Waals surface area contributed by atoms with Crippen molar-refractivity contribution >= 4 is 39.9 Å². The molecule has 0 saturated carbocycles. The number of thiophene rings is 1. The Kier molecular flexibility index (Phi) is 5.29. The van der Waals surface area contributed by atoms with E-state index in [0.717, 1.165) is 36.1 Å². The number of aromatic amines is 1. The van der Waals surface area contributed by atoms with Gasteiger partial charge < -0.3 is 15.2 Å². The summed E-state index contributed by atoms with van der Waals surface area (Å²) in [5.41, 5.74) is 1.83. The third-order valence-electron chi connectivity index (χ3n) is 5.35. The number of hydrogen-bond acceptors (Lipinski definition) is 3. The van der Waals surface area contributed by atoms with Gasteiger partial charge >= 0.3 is 0 Å². The van der Waals surface area contributed by atoms with Crippen molar-refractivity contribution in [1.82, 2.24) is 15.2 Å². The number of aromatic nitrogens is 1. The Hall–Kier alpha value is -1.04. The quantitative estimate of drug-likeness (QED) is 0.868. The molecule has 6 heteroatoms. The average molecular weight is 354 g/mol. The molecule has 126 valence electrons. The second kappa shape index (κ2) is 7.24. The maximum Gasteiger partial charge on any atom is 0.270 e. The fourth-order valence-electron chi connectivity index (χ4n) is 4.02. The first-order valence-corrected chi connectivity index (χ1v) is 9.25. The van der Waals surface area contributed by atoms with Gasteiger partial charge in [0.25, 0.3) is 5.91 Å². The van der Waals surface area contributed by atoms with Crippen LogP contribution in [0.25, 0.3) is 10.2 Å². The second-order valence-corrected chi connectivity index (χ2v) is 7.55. The van der Waals surface area contributed by atoms with E-state index in [1.165, 1.54) is 43.5 Å². The summed E-state index contributed by atoms with van der Waals surface area (Å²) in [6.07, 6.45) is 4.97. The van der Waals surface area contributed by atoms with Crippen molar-refractivity contribution in [2.75, 3.05) is 26.2 Å². The lowest BCUT2D eigenvalue weighted by Gasteiger charge is -2.37. The van der Waals surface area contributed by atoms with E-state index in [9.17, 15) is 4.79 Å². The molecule has 0 atom stereocenters. The maximum absolute atomic E-state index is 12.6. The number of carbonyl (C=O) groups excluding carboxylic acids is 1. The van der Waals surface area contributed by atoms with Crippen LogP contribution in [0.4, 0.5) is 0 Å². The first-order valence-electron chi connectivity index (χ1n) is 8.37. The van der Waals surface area contributed by atoms with Gasteiger partial charge in [-0.1, -0.05) is 0 Å². The minimum Gasteiger partial charge on any atom is -0.350 e. The molecule has 23 heavy (non-hydrogen) atoms. The third kappa shape index (κ3) is 3.42. The summed E-state index contributed by atoms with van der Waals surface area (Å²) in [6.45, 7) is 4.17. The lowest BCUT2D eigenvalue weighted by molar-refractivity contribution is 0.0637. The van der Waals surface area contributed by atoms with Crippen LogP contribution in [0.2, 0.25) is 0 Å². The summed E-state index contributed by atoms with van der Waals surface area (Å²) >= 11 is 1.68. The zero-order valence-corrected chi connectivity index (χ0v) is 14.8. The summed E-state index contributed by atoms with van der Waals surface area (Å²) in [5, 5.41) is 5.50. The molecule has 2 saturated heterocycles. The third-order valence-corrected chi connectivity index (χ3v) is 6.21. The van der Waals surface area contributed by atoms with Gasteiger partial charge in [-0.2, -0.15) is 0 Å². The van der Waals surface area contributed by atoms with Gasteiger partial charge in [0.1, 0.15) is 5.69 Å². The topological polar surface area (TPSA) is 48.1 Å². The largest absolute Gasteiger partial charge is 0.350 e. The van der Waals surface area contributed by atoms with Crippen LogP contribution in [0.15, 0.2) is 17.5 Å². The van der Waals surface area contributed by atoms with Crippen molar-refractivity contribution in [1.29, 1.82) is 0 Å². The zero-order valence-electron chi connectivity index (χ0n) is 13.2. The average Bonchev–Trinajstić information content (AvgIpc) is 3.17. The Morgan fingerprint density at radius 1 is 1.13 bits per heavy atom. The number of piperidine rings is 2. The Labute approximate surface area is 147 Å². The molecule has 4 heterocycles. The Morgan fingerprint density at radius 2 is 1.83 bits per heavy atom. The van der Waals surface area contributed by atoms with E-state index in [1.807, 2.05) is 17.0 Å². The summed E-state index contributed by atoms with van der Waals surface area (Å²) in [6, 6.07) is 4.04. The van der Waals surface area contributed by atoms with E-state index in [4.69, 9.17) is 0 Å². The zero-order chi connectivity index (χ0) is 14.9. The van der Waals surface area contributed by atoms with E-state index in [2.05, 4.69) is 15.7 Å². The standard InChI is InChI=1S/C17H23N3OS.ClH/c21-17(15-11-16-14(19-15)5-10-22-16)20-8-3-13(4-9-20)12-1-6-18-7-2-12;/h5,10-13,18-19H,1-4,6-9H2;1H. The Morgan fingerprint density at radius 3 is 2.52 bits per heavy atom. The molecule has 2 aliphatic rings. The lowest BCUT2D eigenvalue weighted by atomic mass is 9.79. The van der Waals surface area contributed by atoms with Gasteiger partial charge in [0, 0.05) is 13.1 Å². The maximum atomic E-state index is 12.6. The lowest BCUT2D eigenvalue weighted by Crippen LogP contribution is -2.42. The van der Waals surface area contributed by atoms with Crippen LogP contribution in [0, 0.1) is 11.8 Å². The number of nitrogens with one attached hydrogen (secondary N) is 2. The van der Waals surface area contributed by atoms with Crippen LogP contribution < -0.4 is 5.32 Å². The van der Waals surface area contributed by atoms with Gasteiger partial charge in [-0.15, -0.1) is 23.7 Å². The predicted octanol–water partition coefficient (Wildman–Crippen LogP) is 3.50. The first-order chi connectivity index (χ1) is 10.8. The molecule has 4 rings (SSSR count). The number of amides is 1. The molecule has 0 bridgehead atoms. The molecule has 4 nitrogen and oxygen atoms in total. The number of halogens is 1. The molecule has 0 spiro atoms. The molecule has 0 radical (unpaired) electrons. The van der Waals surface area contributed by atoms with Crippen molar-refractivity contribution in [2.24, 2.45) is 11.8 Å². The molecular formula is C17H24ClN3OS. The monoisotopic (exact) mass is 353 g/mol. The highest BCUT2D eigenvalue weighted by molar-refractivity contribution is 7.17. The van der Waals surface area contributed by atoms with E-state index < -0.39 is 0 Å². The molecule has 2 aliphatic heterocycles. The van der Waals surface area contributed by atoms with E-state index >= 15 is 0 Å². The number of hydrogen-bond donors (Lipinski definition) is 2. The van der Waals surface area contributed by atoms with Gasteiger partial charge in [-0.3, -0.25) is 4.79 Å². The molecule has 2 fully saturated rings. The molecule has 1 amide bonds. The van der Waals surface area contributed by atoms with Gasteiger partial charge in [0.05, 0.1) is 10.2 Å². The molecule has 2 aromatic rings. The minimum absolute atomic E-state index is 0. The smallest absolute Gasteiger partial charge is 0.270 e. The SMILES string of the molecule is Cl.O=C(c1cc2sccc2[nH]1)N1CCC(C2CCNCC2)CC1. The highest BCUT2D eigenvalue weighted by atomic mass is 35.5. The molecule has 0 aromatic carbocycles. The summed E-state index contributed by atoms with van der Waals surface area (Å²) < 4.78 is 1.17. The van der Waals surface area contributed by atoms with Gasteiger partial charge in [0.2, 0.25) is 0 Å². The molecular weight excluding hydrogens is 330 g/mol. The number of carbonyl (C=O) groups is 1. The van der Waals surface area contributed by atoms with E-state index in [1.54, 1.807) is 11.3 Å². The van der Waals surface area contributed by atoms with Crippen LogP contribution in [0.5, 0.6) is 0 Å². The molecule has 0 aliphatic carbocycles. The predicted molar refractivity (Wildman–Crippen MR) is 97.6 cm³/mol. The minimum atomic E-state index is 0. The normalized spacial score (nSPS) is 20.6. The van der Waals surface area contributed by atoms with E-state index in [-0.39, 0.29) is 18.3 Å². The number of rotatable bonds is 2. The fraction of sp³-hybridized carbons (Fsp3) is 0.588. The molecule has 2 aromatic heterocycles. The number of likely N-dealkylation sites (tertiary alicyclic amines) is 1. The highest BCUT2D eigenvalue weighted by Gasteiger charge is 2.29. The highest BCUT2D eigenvalue weighted by Crippen LogP contribution is 2.31. The van der Waals surface area contributed by atoms with Crippen LogP contribution in [-0.2, 0) is 0 Å². The summed E-state index contributed by atoms with van der Waals surface area (Å²) in [5.74, 6) is 1.86.